The largest absolute Gasteiger partial charge is 0.492 e. The van der Waals surface area contributed by atoms with Crippen LogP contribution in [0.25, 0.3) is 0 Å². The zero-order valence-corrected chi connectivity index (χ0v) is 39.8. The first-order valence-corrected chi connectivity index (χ1v) is 23.1. The van der Waals surface area contributed by atoms with Crippen LogP contribution < -0.4 is 20.1 Å². The van der Waals surface area contributed by atoms with Crippen molar-refractivity contribution in [2.75, 3.05) is 33.0 Å². The Morgan fingerprint density at radius 2 is 0.950 bits per heavy atom. The maximum Gasteiger partial charge on any atom is 0.408 e. The molecule has 2 atom stereocenters. The lowest BCUT2D eigenvalue weighted by Gasteiger charge is -2.23. The Kier molecular flexibility index (Phi) is 24.2. The molecule has 330 valence electrons. The van der Waals surface area contributed by atoms with Crippen molar-refractivity contribution in [1.82, 2.24) is 10.6 Å². The molecule has 3 rings (SSSR count). The Bertz CT molecular complexity index is 1720. The molecular weight excluding hydrogens is 994 g/mol. The van der Waals surface area contributed by atoms with Crippen LogP contribution in [0.4, 0.5) is 9.59 Å². The third-order valence-electron chi connectivity index (χ3n) is 8.92. The van der Waals surface area contributed by atoms with E-state index >= 15 is 0 Å². The van der Waals surface area contributed by atoms with Gasteiger partial charge >= 0.3 is 24.1 Å². The number of amides is 2. The summed E-state index contributed by atoms with van der Waals surface area (Å²) in [5.41, 5.74) is 1.15. The van der Waals surface area contributed by atoms with Crippen LogP contribution in [0.15, 0.2) is 72.8 Å². The molecule has 3 aromatic rings. The van der Waals surface area contributed by atoms with E-state index in [1.807, 2.05) is 79.7 Å². The average Bonchev–Trinajstić information content (AvgIpc) is 3.20. The molecule has 0 fully saturated rings. The number of benzene rings is 3. The van der Waals surface area contributed by atoms with Gasteiger partial charge in [-0.2, -0.15) is 0 Å². The SMILES string of the molecule is CCCCOC(=O)NC(Cc1ccccc1)C(=O)OCCCCCCOc1cc(I)c(OCCCCCCOC(=O)C(Cc2ccccc2)NC(=O)OC(C)(C)C)cc1I. The van der Waals surface area contributed by atoms with Crippen molar-refractivity contribution in [2.24, 2.45) is 0 Å². The number of hydrogen-bond acceptors (Lipinski definition) is 10. The smallest absolute Gasteiger partial charge is 0.408 e. The Balaban J connectivity index is 1.28. The van der Waals surface area contributed by atoms with E-state index in [1.165, 1.54) is 0 Å². The van der Waals surface area contributed by atoms with E-state index in [2.05, 4.69) is 55.8 Å². The minimum absolute atomic E-state index is 0.266. The Morgan fingerprint density at radius 1 is 0.550 bits per heavy atom. The molecule has 0 saturated heterocycles. The van der Waals surface area contributed by atoms with E-state index in [1.54, 1.807) is 20.8 Å². The molecule has 0 aliphatic rings. The number of carbonyl (C=O) groups is 4. The molecule has 0 aliphatic heterocycles. The van der Waals surface area contributed by atoms with Crippen molar-refractivity contribution < 1.29 is 47.6 Å². The van der Waals surface area contributed by atoms with Crippen molar-refractivity contribution >= 4 is 69.3 Å². The zero-order chi connectivity index (χ0) is 43.6. The minimum atomic E-state index is -0.849. The lowest BCUT2D eigenvalue weighted by molar-refractivity contribution is -0.147. The van der Waals surface area contributed by atoms with Crippen molar-refractivity contribution in [2.45, 2.75) is 122 Å². The molecular formula is C46H62I2N2O10. The summed E-state index contributed by atoms with van der Waals surface area (Å²) in [6.07, 6.45) is 7.75. The van der Waals surface area contributed by atoms with Gasteiger partial charge in [-0.15, -0.1) is 0 Å². The van der Waals surface area contributed by atoms with E-state index in [4.69, 9.17) is 28.4 Å². The predicted molar refractivity (Wildman–Crippen MR) is 248 cm³/mol. The second-order valence-corrected chi connectivity index (χ2v) is 17.7. The standard InChI is InChI=1S/C46H62I2N2O10/c1-5-6-25-59-44(53)49-38(30-34-21-13-11-14-22-34)42(51)57-28-19-9-7-17-26-55-40-32-37(48)41(33-36(40)47)56-27-18-8-10-20-29-58-43(52)39(31-35-23-15-12-16-24-35)50-45(54)60-46(2,3)4/h11-16,21-24,32-33,38-39H,5-10,17-20,25-31H2,1-4H3,(H,49,53)(H,50,54). The quantitative estimate of drug-likeness (QED) is 0.0327. The first-order chi connectivity index (χ1) is 28.8. The molecule has 60 heavy (non-hydrogen) atoms. The van der Waals surface area contributed by atoms with Crippen LogP contribution in [0.2, 0.25) is 0 Å². The van der Waals surface area contributed by atoms with E-state index in [0.29, 0.717) is 45.5 Å². The summed E-state index contributed by atoms with van der Waals surface area (Å²) < 4.78 is 35.8. The fourth-order valence-electron chi connectivity index (χ4n) is 5.79. The summed E-state index contributed by atoms with van der Waals surface area (Å²) in [7, 11) is 0. The van der Waals surface area contributed by atoms with Crippen molar-refractivity contribution in [3.05, 3.63) is 91.1 Å². The van der Waals surface area contributed by atoms with Crippen LogP contribution in [-0.4, -0.2) is 74.8 Å². The highest BCUT2D eigenvalue weighted by molar-refractivity contribution is 14.1. The van der Waals surface area contributed by atoms with Gasteiger partial charge in [0.2, 0.25) is 0 Å². The topological polar surface area (TPSA) is 148 Å². The maximum atomic E-state index is 12.9. The van der Waals surface area contributed by atoms with Gasteiger partial charge in [0, 0.05) is 12.8 Å². The molecule has 14 heteroatoms. The Morgan fingerprint density at radius 3 is 1.37 bits per heavy atom. The number of alkyl carbamates (subject to hydrolysis) is 2. The number of rotatable bonds is 27. The molecule has 2 amide bonds. The summed E-state index contributed by atoms with van der Waals surface area (Å²) in [6.45, 7) is 9.31. The molecule has 0 bridgehead atoms. The van der Waals surface area contributed by atoms with Gasteiger partial charge < -0.3 is 39.1 Å². The molecule has 3 aromatic carbocycles. The third kappa shape index (κ3) is 21.6. The van der Waals surface area contributed by atoms with Gasteiger partial charge in [0.05, 0.1) is 40.2 Å². The highest BCUT2D eigenvalue weighted by Crippen LogP contribution is 2.31. The molecule has 0 aromatic heterocycles. The molecule has 0 saturated carbocycles. The molecule has 0 aliphatic carbocycles. The number of hydrogen-bond donors (Lipinski definition) is 2. The summed E-state index contributed by atoms with van der Waals surface area (Å²) in [4.78, 5) is 50.5. The second-order valence-electron chi connectivity index (χ2n) is 15.3. The first kappa shape index (κ1) is 50.6. The van der Waals surface area contributed by atoms with E-state index in [-0.39, 0.29) is 13.2 Å². The number of unbranched alkanes of at least 4 members (excludes halogenated alkanes) is 7. The maximum absolute atomic E-state index is 12.9. The molecule has 2 N–H and O–H groups in total. The summed E-state index contributed by atoms with van der Waals surface area (Å²) >= 11 is 4.53. The van der Waals surface area contributed by atoms with Crippen molar-refractivity contribution in [3.8, 4) is 11.5 Å². The Labute approximate surface area is 383 Å². The molecule has 2 unspecified atom stereocenters. The third-order valence-corrected chi connectivity index (χ3v) is 10.6. The normalized spacial score (nSPS) is 12.1. The van der Waals surface area contributed by atoms with Crippen LogP contribution >= 0.6 is 45.2 Å². The van der Waals surface area contributed by atoms with E-state index in [0.717, 1.165) is 81.1 Å². The fraction of sp³-hybridized carbons (Fsp3) is 0.522. The lowest BCUT2D eigenvalue weighted by atomic mass is 10.1. The van der Waals surface area contributed by atoms with Crippen LogP contribution in [-0.2, 0) is 41.4 Å². The Hall–Kier alpha value is -3.80. The van der Waals surface area contributed by atoms with E-state index in [9.17, 15) is 19.2 Å². The molecule has 0 heterocycles. The van der Waals surface area contributed by atoms with Gasteiger partial charge in [-0.05, 0) is 147 Å². The van der Waals surface area contributed by atoms with Gasteiger partial charge in [0.25, 0.3) is 0 Å². The minimum Gasteiger partial charge on any atom is -0.492 e. The van der Waals surface area contributed by atoms with Gasteiger partial charge in [0.1, 0.15) is 29.2 Å². The van der Waals surface area contributed by atoms with E-state index < -0.39 is 41.8 Å². The molecule has 0 spiro atoms. The van der Waals surface area contributed by atoms with Crippen LogP contribution in [0.1, 0.15) is 103 Å². The highest BCUT2D eigenvalue weighted by atomic mass is 127. The molecule has 12 nitrogen and oxygen atoms in total. The van der Waals surface area contributed by atoms with Crippen LogP contribution in [0, 0.1) is 7.14 Å². The lowest BCUT2D eigenvalue weighted by Crippen LogP contribution is -2.45. The predicted octanol–water partition coefficient (Wildman–Crippen LogP) is 10.1. The van der Waals surface area contributed by atoms with Gasteiger partial charge in [-0.1, -0.05) is 74.0 Å². The number of ether oxygens (including phenoxy) is 6. The number of esters is 2. The second kappa shape index (κ2) is 28.7. The summed E-state index contributed by atoms with van der Waals surface area (Å²) in [6, 6.07) is 21.3. The average molecular weight is 1060 g/mol. The van der Waals surface area contributed by atoms with Crippen LogP contribution in [0.5, 0.6) is 11.5 Å². The zero-order valence-electron chi connectivity index (χ0n) is 35.4. The number of halogens is 2. The van der Waals surface area contributed by atoms with Crippen molar-refractivity contribution in [1.29, 1.82) is 0 Å². The van der Waals surface area contributed by atoms with Crippen molar-refractivity contribution in [3.63, 3.8) is 0 Å². The number of carbonyl (C=O) groups excluding carboxylic acids is 4. The van der Waals surface area contributed by atoms with Gasteiger partial charge in [0.15, 0.2) is 0 Å². The summed E-state index contributed by atoms with van der Waals surface area (Å²) in [5, 5.41) is 5.35. The monoisotopic (exact) mass is 1060 g/mol. The van der Waals surface area contributed by atoms with Crippen LogP contribution in [0.3, 0.4) is 0 Å². The summed E-state index contributed by atoms with van der Waals surface area (Å²) in [5.74, 6) is 0.672. The first-order valence-electron chi connectivity index (χ1n) is 20.9. The highest BCUT2D eigenvalue weighted by Gasteiger charge is 2.26. The fourth-order valence-corrected chi connectivity index (χ4v) is 6.98. The number of nitrogens with one attached hydrogen (secondary N) is 2. The van der Waals surface area contributed by atoms with Gasteiger partial charge in [-0.25, -0.2) is 19.2 Å². The van der Waals surface area contributed by atoms with Gasteiger partial charge in [-0.3, -0.25) is 0 Å². The molecule has 0 radical (unpaired) electrons.